The van der Waals surface area contributed by atoms with Crippen LogP contribution in [-0.4, -0.2) is 35.3 Å². The van der Waals surface area contributed by atoms with E-state index in [0.29, 0.717) is 36.5 Å². The Labute approximate surface area is 192 Å². The first-order chi connectivity index (χ1) is 16.1. The third kappa shape index (κ3) is 5.97. The summed E-state index contributed by atoms with van der Waals surface area (Å²) in [6, 6.07) is 16.6. The van der Waals surface area contributed by atoms with E-state index in [1.54, 1.807) is 12.1 Å². The summed E-state index contributed by atoms with van der Waals surface area (Å²) in [5, 5.41) is 14.0. The van der Waals surface area contributed by atoms with Gasteiger partial charge in [-0.3, -0.25) is 4.79 Å². The molecule has 8 heteroatoms. The van der Waals surface area contributed by atoms with Gasteiger partial charge in [0.1, 0.15) is 0 Å². The molecule has 2 amide bonds. The zero-order valence-electron chi connectivity index (χ0n) is 18.6. The van der Waals surface area contributed by atoms with E-state index in [-0.39, 0.29) is 17.9 Å². The second kappa shape index (κ2) is 10.8. The number of benzene rings is 2. The lowest BCUT2D eigenvalue weighted by Gasteiger charge is -2.27. The standard InChI is InChI=1S/C25H28N4O4/c1-2-32-24(30)20-10-8-17(9-11-20)16-26-25(31)27-21-14-12-19(13-15-21)23-29-28-22(33-23)18-6-4-3-5-7-18/h3-7,12-15,17,20H,2,8-11,16H2,1H3,(H2,26,27,31). The normalized spacial score (nSPS) is 17.8. The molecule has 8 nitrogen and oxygen atoms in total. The summed E-state index contributed by atoms with van der Waals surface area (Å²) in [4.78, 5) is 24.1. The fourth-order valence-electron chi connectivity index (χ4n) is 4.01. The van der Waals surface area contributed by atoms with Gasteiger partial charge in [0.2, 0.25) is 11.8 Å². The fourth-order valence-corrected chi connectivity index (χ4v) is 4.01. The Morgan fingerprint density at radius 3 is 2.21 bits per heavy atom. The van der Waals surface area contributed by atoms with E-state index < -0.39 is 0 Å². The highest BCUT2D eigenvalue weighted by molar-refractivity contribution is 5.89. The number of carbonyl (C=O) groups excluding carboxylic acids is 2. The van der Waals surface area contributed by atoms with Crippen LogP contribution in [0.3, 0.4) is 0 Å². The van der Waals surface area contributed by atoms with Gasteiger partial charge in [-0.1, -0.05) is 18.2 Å². The minimum atomic E-state index is -0.251. The number of carbonyl (C=O) groups is 2. The second-order valence-electron chi connectivity index (χ2n) is 8.16. The third-order valence-corrected chi connectivity index (χ3v) is 5.85. The molecule has 0 saturated heterocycles. The van der Waals surface area contributed by atoms with Crippen molar-refractivity contribution in [3.8, 4) is 22.9 Å². The van der Waals surface area contributed by atoms with Crippen LogP contribution in [0.1, 0.15) is 32.6 Å². The van der Waals surface area contributed by atoms with E-state index in [4.69, 9.17) is 9.15 Å². The highest BCUT2D eigenvalue weighted by Gasteiger charge is 2.27. The largest absolute Gasteiger partial charge is 0.466 e. The number of nitrogens with zero attached hydrogens (tertiary/aromatic N) is 2. The van der Waals surface area contributed by atoms with Gasteiger partial charge in [0.15, 0.2) is 0 Å². The molecule has 1 heterocycles. The van der Waals surface area contributed by atoms with Crippen molar-refractivity contribution >= 4 is 17.7 Å². The van der Waals surface area contributed by atoms with Crippen LogP contribution in [-0.2, 0) is 9.53 Å². The molecule has 0 radical (unpaired) electrons. The van der Waals surface area contributed by atoms with Crippen molar-refractivity contribution in [2.75, 3.05) is 18.5 Å². The lowest BCUT2D eigenvalue weighted by molar-refractivity contribution is -0.149. The quantitative estimate of drug-likeness (QED) is 0.498. The SMILES string of the molecule is CCOC(=O)C1CCC(CNC(=O)Nc2ccc(-c3nnc(-c4ccccc4)o3)cc2)CC1. The Hall–Kier alpha value is -3.68. The highest BCUT2D eigenvalue weighted by atomic mass is 16.5. The zero-order valence-corrected chi connectivity index (χ0v) is 18.6. The van der Waals surface area contributed by atoms with E-state index >= 15 is 0 Å². The summed E-state index contributed by atoms with van der Waals surface area (Å²) in [5.74, 6) is 1.16. The van der Waals surface area contributed by atoms with Gasteiger partial charge < -0.3 is 19.8 Å². The van der Waals surface area contributed by atoms with E-state index in [1.165, 1.54) is 0 Å². The predicted octanol–water partition coefficient (Wildman–Crippen LogP) is 4.89. The maximum Gasteiger partial charge on any atom is 0.319 e. The van der Waals surface area contributed by atoms with Crippen LogP contribution in [0.25, 0.3) is 22.9 Å². The van der Waals surface area contributed by atoms with Crippen molar-refractivity contribution in [1.82, 2.24) is 15.5 Å². The van der Waals surface area contributed by atoms with Crippen molar-refractivity contribution in [1.29, 1.82) is 0 Å². The maximum atomic E-state index is 12.3. The van der Waals surface area contributed by atoms with Gasteiger partial charge in [0, 0.05) is 23.4 Å². The van der Waals surface area contributed by atoms with Crippen LogP contribution >= 0.6 is 0 Å². The van der Waals surface area contributed by atoms with Crippen molar-refractivity contribution in [3.05, 3.63) is 54.6 Å². The van der Waals surface area contributed by atoms with Crippen LogP contribution < -0.4 is 10.6 Å². The number of nitrogens with one attached hydrogen (secondary N) is 2. The topological polar surface area (TPSA) is 106 Å². The number of urea groups is 1. The van der Waals surface area contributed by atoms with Crippen molar-refractivity contribution in [2.45, 2.75) is 32.6 Å². The lowest BCUT2D eigenvalue weighted by atomic mass is 9.82. The second-order valence-corrected chi connectivity index (χ2v) is 8.16. The average Bonchev–Trinajstić information content (AvgIpc) is 3.35. The average molecular weight is 449 g/mol. The van der Waals surface area contributed by atoms with Crippen LogP contribution in [0, 0.1) is 11.8 Å². The summed E-state index contributed by atoms with van der Waals surface area (Å²) in [7, 11) is 0. The number of amides is 2. The predicted molar refractivity (Wildman–Crippen MR) is 124 cm³/mol. The van der Waals surface area contributed by atoms with Gasteiger partial charge in [0.05, 0.1) is 12.5 Å². The summed E-state index contributed by atoms with van der Waals surface area (Å²) in [6.07, 6.45) is 3.45. The van der Waals surface area contributed by atoms with E-state index in [0.717, 1.165) is 36.8 Å². The molecular weight excluding hydrogens is 420 g/mol. The summed E-state index contributed by atoms with van der Waals surface area (Å²) in [5.41, 5.74) is 2.31. The molecule has 1 aliphatic rings. The molecule has 0 unspecified atom stereocenters. The minimum absolute atomic E-state index is 0.00355. The number of ether oxygens (including phenoxy) is 1. The van der Waals surface area contributed by atoms with Gasteiger partial charge in [-0.2, -0.15) is 0 Å². The number of hydrogen-bond acceptors (Lipinski definition) is 6. The Bertz CT molecular complexity index is 1060. The number of esters is 1. The number of aromatic nitrogens is 2. The highest BCUT2D eigenvalue weighted by Crippen LogP contribution is 2.29. The summed E-state index contributed by atoms with van der Waals surface area (Å²) in [6.45, 7) is 2.83. The first kappa shape index (κ1) is 22.5. The third-order valence-electron chi connectivity index (χ3n) is 5.85. The van der Waals surface area contributed by atoms with Crippen LogP contribution in [0.2, 0.25) is 0 Å². The van der Waals surface area contributed by atoms with Crippen molar-refractivity contribution in [2.24, 2.45) is 11.8 Å². The monoisotopic (exact) mass is 448 g/mol. The first-order valence-electron chi connectivity index (χ1n) is 11.3. The van der Waals surface area contributed by atoms with Gasteiger partial charge in [0.25, 0.3) is 0 Å². The summed E-state index contributed by atoms with van der Waals surface area (Å²) >= 11 is 0. The number of hydrogen-bond donors (Lipinski definition) is 2. The Balaban J connectivity index is 1.24. The molecule has 1 aromatic heterocycles. The van der Waals surface area contributed by atoms with Crippen molar-refractivity contribution in [3.63, 3.8) is 0 Å². The van der Waals surface area contributed by atoms with Gasteiger partial charge in [-0.15, -0.1) is 10.2 Å². The number of rotatable bonds is 7. The van der Waals surface area contributed by atoms with Gasteiger partial charge >= 0.3 is 12.0 Å². The van der Waals surface area contributed by atoms with E-state index in [9.17, 15) is 9.59 Å². The Morgan fingerprint density at radius 2 is 1.58 bits per heavy atom. The molecule has 0 spiro atoms. The molecule has 3 aromatic rings. The number of anilines is 1. The fraction of sp³-hybridized carbons (Fsp3) is 0.360. The van der Waals surface area contributed by atoms with E-state index in [1.807, 2.05) is 49.4 Å². The molecular formula is C25H28N4O4. The Kier molecular flexibility index (Phi) is 7.34. The molecule has 0 aliphatic heterocycles. The molecule has 1 saturated carbocycles. The summed E-state index contributed by atoms with van der Waals surface area (Å²) < 4.78 is 10.9. The first-order valence-corrected chi connectivity index (χ1v) is 11.3. The van der Waals surface area contributed by atoms with Crippen LogP contribution in [0.5, 0.6) is 0 Å². The van der Waals surface area contributed by atoms with Crippen LogP contribution in [0.4, 0.5) is 10.5 Å². The smallest absolute Gasteiger partial charge is 0.319 e. The molecule has 4 rings (SSSR count). The van der Waals surface area contributed by atoms with Gasteiger partial charge in [-0.05, 0) is 74.9 Å². The molecule has 33 heavy (non-hydrogen) atoms. The minimum Gasteiger partial charge on any atom is -0.466 e. The van der Waals surface area contributed by atoms with E-state index in [2.05, 4.69) is 20.8 Å². The lowest BCUT2D eigenvalue weighted by Crippen LogP contribution is -2.35. The molecule has 1 fully saturated rings. The molecule has 2 aromatic carbocycles. The zero-order chi connectivity index (χ0) is 23.0. The molecule has 0 bridgehead atoms. The molecule has 2 N–H and O–H groups in total. The van der Waals surface area contributed by atoms with Crippen molar-refractivity contribution < 1.29 is 18.7 Å². The maximum absolute atomic E-state index is 12.3. The van der Waals surface area contributed by atoms with Gasteiger partial charge in [-0.25, -0.2) is 4.79 Å². The van der Waals surface area contributed by atoms with Crippen LogP contribution in [0.15, 0.2) is 59.0 Å². The molecule has 1 aliphatic carbocycles. The molecule has 172 valence electrons. The Morgan fingerprint density at radius 1 is 0.939 bits per heavy atom. The molecule has 0 atom stereocenters.